The molecule has 0 spiro atoms. The minimum atomic E-state index is -3.48. The molecule has 2 heterocycles. The number of aromatic nitrogens is 1. The minimum Gasteiger partial charge on any atom is -0.347 e. The molecule has 0 atom stereocenters. The van der Waals surface area contributed by atoms with E-state index in [1.807, 2.05) is 0 Å². The van der Waals surface area contributed by atoms with Crippen LogP contribution in [0.25, 0.3) is 0 Å². The van der Waals surface area contributed by atoms with Crippen molar-refractivity contribution in [1.82, 2.24) is 14.6 Å². The van der Waals surface area contributed by atoms with Crippen LogP contribution in [0.3, 0.4) is 0 Å². The maximum Gasteiger partial charge on any atom is 0.271 e. The number of nitrogens with one attached hydrogen (secondary N) is 1. The highest BCUT2D eigenvalue weighted by atomic mass is 32.2. The molecule has 1 aliphatic rings. The van der Waals surface area contributed by atoms with Crippen molar-refractivity contribution in [2.45, 2.75) is 37.2 Å². The summed E-state index contributed by atoms with van der Waals surface area (Å²) in [5, 5.41) is 5.13. The number of carbonyl (C=O) groups is 1. The van der Waals surface area contributed by atoms with Crippen molar-refractivity contribution in [3.05, 3.63) is 45.9 Å². The molecule has 3 rings (SSSR count). The lowest BCUT2D eigenvalue weighted by molar-refractivity contribution is 0.0946. The number of nitrogens with zero attached hydrogens (tertiary/aromatic N) is 2. The molecule has 1 amide bonds. The van der Waals surface area contributed by atoms with Crippen LogP contribution in [0.1, 0.15) is 40.3 Å². The summed E-state index contributed by atoms with van der Waals surface area (Å²) in [5.74, 6) is -0.301. The van der Waals surface area contributed by atoms with Gasteiger partial charge in [0.05, 0.1) is 4.90 Å². The largest absolute Gasteiger partial charge is 0.347 e. The van der Waals surface area contributed by atoms with E-state index < -0.39 is 10.0 Å². The van der Waals surface area contributed by atoms with E-state index in [0.29, 0.717) is 30.3 Å². The fraction of sp³-hybridized carbons (Fsp3) is 0.412. The molecule has 0 bridgehead atoms. The molecule has 1 saturated heterocycles. The van der Waals surface area contributed by atoms with Gasteiger partial charge in [0.15, 0.2) is 0 Å². The quantitative estimate of drug-likeness (QED) is 0.776. The summed E-state index contributed by atoms with van der Waals surface area (Å²) in [7, 11) is -3.48. The predicted octanol–water partition coefficient (Wildman–Crippen LogP) is 1.71. The Morgan fingerprint density at radius 3 is 2.73 bits per heavy atom. The summed E-state index contributed by atoms with van der Waals surface area (Å²) in [6, 6.07) is 6.72. The van der Waals surface area contributed by atoms with Crippen LogP contribution < -0.4 is 11.1 Å². The topological polar surface area (TPSA) is 105 Å². The lowest BCUT2D eigenvalue weighted by Crippen LogP contribution is -2.35. The molecule has 9 heteroatoms. The number of piperidine rings is 1. The summed E-state index contributed by atoms with van der Waals surface area (Å²) < 4.78 is 27.0. The lowest BCUT2D eigenvalue weighted by Gasteiger charge is -2.26. The Balaban J connectivity index is 1.68. The summed E-state index contributed by atoms with van der Waals surface area (Å²) >= 11 is 1.34. The van der Waals surface area contributed by atoms with Crippen molar-refractivity contribution in [3.8, 4) is 0 Å². The molecule has 140 valence electrons. The van der Waals surface area contributed by atoms with Gasteiger partial charge in [0.2, 0.25) is 10.0 Å². The van der Waals surface area contributed by atoms with Crippen molar-refractivity contribution in [2.24, 2.45) is 5.73 Å². The Bertz CT molecular complexity index is 874. The van der Waals surface area contributed by atoms with Gasteiger partial charge < -0.3 is 11.1 Å². The van der Waals surface area contributed by atoms with E-state index in [1.54, 1.807) is 29.6 Å². The van der Waals surface area contributed by atoms with Gasteiger partial charge in [-0.15, -0.1) is 11.3 Å². The second-order valence-electron chi connectivity index (χ2n) is 6.13. The Kier molecular flexibility index (Phi) is 6.02. The van der Waals surface area contributed by atoms with Gasteiger partial charge >= 0.3 is 0 Å². The van der Waals surface area contributed by atoms with Crippen LogP contribution in [-0.2, 0) is 23.1 Å². The summed E-state index contributed by atoms with van der Waals surface area (Å²) in [5.41, 5.74) is 6.56. The third-order valence-corrected chi connectivity index (χ3v) is 7.03. The van der Waals surface area contributed by atoms with E-state index in [2.05, 4.69) is 10.3 Å². The van der Waals surface area contributed by atoms with Crippen molar-refractivity contribution < 1.29 is 13.2 Å². The predicted molar refractivity (Wildman–Crippen MR) is 100 cm³/mol. The highest BCUT2D eigenvalue weighted by molar-refractivity contribution is 7.89. The number of benzene rings is 1. The van der Waals surface area contributed by atoms with Gasteiger partial charge in [-0.3, -0.25) is 4.79 Å². The molecule has 2 aromatic rings. The SMILES string of the molecule is NCc1nc(C(=O)NCc2cccc(S(=O)(=O)N3CCCCC3)c2)cs1. The first kappa shape index (κ1) is 19.0. The van der Waals surface area contributed by atoms with Crippen LogP contribution in [-0.4, -0.2) is 36.7 Å². The minimum absolute atomic E-state index is 0.234. The van der Waals surface area contributed by atoms with Crippen molar-refractivity contribution in [3.63, 3.8) is 0 Å². The average molecular weight is 395 g/mol. The number of hydrogen-bond acceptors (Lipinski definition) is 6. The van der Waals surface area contributed by atoms with Crippen LogP contribution in [0.15, 0.2) is 34.5 Å². The lowest BCUT2D eigenvalue weighted by atomic mass is 10.2. The molecule has 1 aliphatic heterocycles. The maximum absolute atomic E-state index is 12.8. The maximum atomic E-state index is 12.8. The number of thiazole rings is 1. The number of rotatable bonds is 6. The van der Waals surface area contributed by atoms with E-state index in [1.165, 1.54) is 15.6 Å². The molecule has 0 radical (unpaired) electrons. The van der Waals surface area contributed by atoms with Gasteiger partial charge in [-0.1, -0.05) is 18.6 Å². The molecule has 1 aromatic carbocycles. The molecule has 0 unspecified atom stereocenters. The molecule has 0 aliphatic carbocycles. The second-order valence-corrected chi connectivity index (χ2v) is 9.01. The monoisotopic (exact) mass is 394 g/mol. The van der Waals surface area contributed by atoms with Gasteiger partial charge in [-0.05, 0) is 30.5 Å². The normalized spacial score (nSPS) is 15.7. The number of sulfonamides is 1. The van der Waals surface area contributed by atoms with Gasteiger partial charge in [0, 0.05) is 31.6 Å². The number of carbonyl (C=O) groups excluding carboxylic acids is 1. The van der Waals surface area contributed by atoms with Crippen molar-refractivity contribution in [1.29, 1.82) is 0 Å². The average Bonchev–Trinajstić information content (AvgIpc) is 3.16. The summed E-state index contributed by atoms with van der Waals surface area (Å²) in [4.78, 5) is 16.5. The van der Waals surface area contributed by atoms with E-state index in [0.717, 1.165) is 24.8 Å². The highest BCUT2D eigenvalue weighted by Crippen LogP contribution is 2.21. The van der Waals surface area contributed by atoms with E-state index >= 15 is 0 Å². The number of amides is 1. The number of nitrogens with two attached hydrogens (primary N) is 1. The number of hydrogen-bond donors (Lipinski definition) is 2. The first-order chi connectivity index (χ1) is 12.5. The van der Waals surface area contributed by atoms with Crippen LogP contribution in [0, 0.1) is 0 Å². The molecular formula is C17H22N4O3S2. The van der Waals surface area contributed by atoms with Gasteiger partial charge in [0.25, 0.3) is 5.91 Å². The van der Waals surface area contributed by atoms with E-state index in [4.69, 9.17) is 5.73 Å². The van der Waals surface area contributed by atoms with Crippen LogP contribution in [0.5, 0.6) is 0 Å². The van der Waals surface area contributed by atoms with Crippen molar-refractivity contribution in [2.75, 3.05) is 13.1 Å². The third-order valence-electron chi connectivity index (χ3n) is 4.26. The van der Waals surface area contributed by atoms with Gasteiger partial charge in [-0.2, -0.15) is 4.31 Å². The highest BCUT2D eigenvalue weighted by Gasteiger charge is 2.25. The zero-order valence-electron chi connectivity index (χ0n) is 14.3. The molecule has 7 nitrogen and oxygen atoms in total. The van der Waals surface area contributed by atoms with Crippen LogP contribution in [0.2, 0.25) is 0 Å². The Morgan fingerprint density at radius 2 is 2.04 bits per heavy atom. The first-order valence-electron chi connectivity index (χ1n) is 8.52. The Labute approximate surface area is 157 Å². The standard InChI is InChI=1S/C17H22N4O3S2/c18-10-16-20-15(12-25-16)17(22)19-11-13-5-4-6-14(9-13)26(23,24)21-7-2-1-3-8-21/h4-6,9,12H,1-3,7-8,10-11,18H2,(H,19,22). The summed E-state index contributed by atoms with van der Waals surface area (Å²) in [6.07, 6.45) is 2.86. The smallest absolute Gasteiger partial charge is 0.271 e. The fourth-order valence-electron chi connectivity index (χ4n) is 2.85. The van der Waals surface area contributed by atoms with Crippen LogP contribution in [0.4, 0.5) is 0 Å². The Morgan fingerprint density at radius 1 is 1.27 bits per heavy atom. The second kappa shape index (κ2) is 8.26. The molecular weight excluding hydrogens is 372 g/mol. The zero-order valence-corrected chi connectivity index (χ0v) is 16.0. The summed E-state index contributed by atoms with van der Waals surface area (Å²) in [6.45, 7) is 1.67. The van der Waals surface area contributed by atoms with Crippen LogP contribution >= 0.6 is 11.3 Å². The Hall–Kier alpha value is -1.81. The molecule has 26 heavy (non-hydrogen) atoms. The van der Waals surface area contributed by atoms with Gasteiger partial charge in [-0.25, -0.2) is 13.4 Å². The zero-order chi connectivity index (χ0) is 18.6. The van der Waals surface area contributed by atoms with Gasteiger partial charge in [0.1, 0.15) is 10.7 Å². The first-order valence-corrected chi connectivity index (χ1v) is 10.8. The molecule has 1 aromatic heterocycles. The van der Waals surface area contributed by atoms with Crippen molar-refractivity contribution >= 4 is 27.3 Å². The van der Waals surface area contributed by atoms with E-state index in [9.17, 15) is 13.2 Å². The molecule has 3 N–H and O–H groups in total. The third kappa shape index (κ3) is 4.29. The molecule has 0 saturated carbocycles. The molecule has 1 fully saturated rings. The fourth-order valence-corrected chi connectivity index (χ4v) is 5.09. The van der Waals surface area contributed by atoms with E-state index in [-0.39, 0.29) is 17.3 Å².